The molecular formula is C14H24ClN5O2. The van der Waals surface area contributed by atoms with Crippen molar-refractivity contribution < 1.29 is 9.32 Å². The van der Waals surface area contributed by atoms with E-state index in [-0.39, 0.29) is 24.2 Å². The lowest BCUT2D eigenvalue weighted by molar-refractivity contribution is -0.126. The number of carbonyl (C=O) groups excluding carboxylic acids is 1. The normalized spacial score (nSPS) is 22.1. The first-order chi connectivity index (χ1) is 10.3. The molecule has 1 aromatic heterocycles. The Labute approximate surface area is 136 Å². The van der Waals surface area contributed by atoms with Crippen molar-refractivity contribution in [3.05, 3.63) is 11.7 Å². The molecule has 0 aromatic carbocycles. The highest BCUT2D eigenvalue weighted by Gasteiger charge is 2.30. The Morgan fingerprint density at radius 3 is 2.95 bits per heavy atom. The van der Waals surface area contributed by atoms with E-state index in [9.17, 15) is 4.79 Å². The number of aromatic nitrogens is 2. The fraction of sp³-hybridized carbons (Fsp3) is 0.786. The van der Waals surface area contributed by atoms with Crippen molar-refractivity contribution in [2.75, 3.05) is 26.2 Å². The average molecular weight is 330 g/mol. The molecule has 22 heavy (non-hydrogen) atoms. The minimum absolute atomic E-state index is 0. The number of hydrogen-bond acceptors (Lipinski definition) is 6. The molecule has 0 bridgehead atoms. The lowest BCUT2D eigenvalue weighted by Crippen LogP contribution is -2.43. The summed E-state index contributed by atoms with van der Waals surface area (Å²) >= 11 is 0. The van der Waals surface area contributed by atoms with Crippen LogP contribution < -0.4 is 11.1 Å². The zero-order valence-electron chi connectivity index (χ0n) is 12.7. The van der Waals surface area contributed by atoms with Crippen molar-refractivity contribution in [3.8, 4) is 0 Å². The van der Waals surface area contributed by atoms with Gasteiger partial charge in [0.2, 0.25) is 11.8 Å². The van der Waals surface area contributed by atoms with E-state index in [1.54, 1.807) is 0 Å². The summed E-state index contributed by atoms with van der Waals surface area (Å²) in [6.07, 6.45) is 4.30. The molecule has 7 nitrogen and oxygen atoms in total. The summed E-state index contributed by atoms with van der Waals surface area (Å²) in [4.78, 5) is 18.7. The first-order valence-electron chi connectivity index (χ1n) is 7.79. The summed E-state index contributed by atoms with van der Waals surface area (Å²) in [7, 11) is 0. The molecular weight excluding hydrogens is 306 g/mol. The van der Waals surface area contributed by atoms with Gasteiger partial charge in [0.15, 0.2) is 5.82 Å². The summed E-state index contributed by atoms with van der Waals surface area (Å²) in [5.74, 6) is 2.17. The number of nitrogens with one attached hydrogen (secondary N) is 1. The van der Waals surface area contributed by atoms with Crippen LogP contribution in [0.4, 0.5) is 0 Å². The van der Waals surface area contributed by atoms with Gasteiger partial charge in [0.25, 0.3) is 0 Å². The van der Waals surface area contributed by atoms with Crippen molar-refractivity contribution in [3.63, 3.8) is 0 Å². The van der Waals surface area contributed by atoms with Crippen molar-refractivity contribution in [1.29, 1.82) is 0 Å². The smallest absolute Gasteiger partial charge is 0.240 e. The van der Waals surface area contributed by atoms with E-state index in [0.29, 0.717) is 31.4 Å². The number of amides is 1. The van der Waals surface area contributed by atoms with Gasteiger partial charge in [-0.1, -0.05) is 5.16 Å². The second-order valence-electron chi connectivity index (χ2n) is 5.97. The number of nitrogens with zero attached hydrogens (tertiary/aromatic N) is 3. The molecule has 2 aliphatic rings. The Morgan fingerprint density at radius 1 is 1.41 bits per heavy atom. The summed E-state index contributed by atoms with van der Waals surface area (Å²) in [5, 5.41) is 6.90. The quantitative estimate of drug-likeness (QED) is 0.795. The Balaban J connectivity index is 0.00000176. The van der Waals surface area contributed by atoms with Gasteiger partial charge in [-0.05, 0) is 32.2 Å². The maximum Gasteiger partial charge on any atom is 0.240 e. The first kappa shape index (κ1) is 17.2. The Morgan fingerprint density at radius 2 is 2.23 bits per heavy atom. The molecule has 1 saturated carbocycles. The van der Waals surface area contributed by atoms with E-state index < -0.39 is 0 Å². The van der Waals surface area contributed by atoms with Crippen LogP contribution in [0.3, 0.4) is 0 Å². The van der Waals surface area contributed by atoms with Crippen LogP contribution in [0, 0.1) is 5.92 Å². The van der Waals surface area contributed by atoms with Crippen LogP contribution in [-0.4, -0.2) is 47.1 Å². The summed E-state index contributed by atoms with van der Waals surface area (Å²) in [6.45, 7) is 3.39. The minimum atomic E-state index is 0. The average Bonchev–Trinajstić information content (AvgIpc) is 3.25. The Kier molecular flexibility index (Phi) is 6.16. The molecule has 1 atom stereocenters. The van der Waals surface area contributed by atoms with Crippen LogP contribution in [0.2, 0.25) is 0 Å². The standard InChI is InChI=1S/C14H23N5O2.ClH/c15-5-6-16-14(20)11-2-1-7-19(8-11)9-12-17-13(18-21-12)10-3-4-10;/h10-11H,1-9,15H2,(H,16,20);1H. The fourth-order valence-corrected chi connectivity index (χ4v) is 2.78. The third kappa shape index (κ3) is 4.41. The predicted octanol–water partition coefficient (Wildman–Crippen LogP) is 0.656. The zero-order chi connectivity index (χ0) is 14.7. The maximum absolute atomic E-state index is 12.0. The van der Waals surface area contributed by atoms with Crippen LogP contribution in [-0.2, 0) is 11.3 Å². The highest BCUT2D eigenvalue weighted by atomic mass is 35.5. The molecule has 8 heteroatoms. The molecule has 3 rings (SSSR count). The molecule has 0 radical (unpaired) electrons. The van der Waals surface area contributed by atoms with Gasteiger partial charge in [0.1, 0.15) is 0 Å². The summed E-state index contributed by atoms with van der Waals surface area (Å²) in [6, 6.07) is 0. The van der Waals surface area contributed by atoms with Crippen LogP contribution in [0.25, 0.3) is 0 Å². The van der Waals surface area contributed by atoms with Crippen LogP contribution in [0.15, 0.2) is 4.52 Å². The van der Waals surface area contributed by atoms with Gasteiger partial charge >= 0.3 is 0 Å². The topological polar surface area (TPSA) is 97.3 Å². The zero-order valence-corrected chi connectivity index (χ0v) is 13.5. The number of nitrogens with two attached hydrogens (primary N) is 1. The number of rotatable bonds is 6. The molecule has 0 spiro atoms. The SMILES string of the molecule is Cl.NCCNC(=O)C1CCCN(Cc2nc(C3CC3)no2)C1. The van der Waals surface area contributed by atoms with Gasteiger partial charge in [0.05, 0.1) is 12.5 Å². The number of carbonyl (C=O) groups is 1. The van der Waals surface area contributed by atoms with Gasteiger partial charge in [-0.25, -0.2) is 0 Å². The molecule has 124 valence electrons. The third-order valence-corrected chi connectivity index (χ3v) is 4.11. The second-order valence-corrected chi connectivity index (χ2v) is 5.97. The van der Waals surface area contributed by atoms with Gasteiger partial charge < -0.3 is 15.6 Å². The van der Waals surface area contributed by atoms with Crippen LogP contribution >= 0.6 is 12.4 Å². The Hall–Kier alpha value is -1.18. The van der Waals surface area contributed by atoms with E-state index in [2.05, 4.69) is 20.4 Å². The van der Waals surface area contributed by atoms with Crippen LogP contribution in [0.1, 0.15) is 43.3 Å². The first-order valence-corrected chi connectivity index (χ1v) is 7.79. The van der Waals surface area contributed by atoms with Crippen molar-refractivity contribution >= 4 is 18.3 Å². The number of piperidine rings is 1. The lowest BCUT2D eigenvalue weighted by Gasteiger charge is -2.30. The van der Waals surface area contributed by atoms with Gasteiger partial charge in [-0.15, -0.1) is 12.4 Å². The third-order valence-electron chi connectivity index (χ3n) is 4.11. The lowest BCUT2D eigenvalue weighted by atomic mass is 9.97. The van der Waals surface area contributed by atoms with Gasteiger partial charge in [-0.3, -0.25) is 9.69 Å². The second kappa shape index (κ2) is 7.89. The highest BCUT2D eigenvalue weighted by molar-refractivity contribution is 5.85. The maximum atomic E-state index is 12.0. The largest absolute Gasteiger partial charge is 0.355 e. The van der Waals surface area contributed by atoms with Crippen molar-refractivity contribution in [2.24, 2.45) is 11.7 Å². The molecule has 1 amide bonds. The Bertz CT molecular complexity index is 491. The number of halogens is 1. The number of hydrogen-bond donors (Lipinski definition) is 2. The molecule has 1 aliphatic carbocycles. The molecule has 1 aliphatic heterocycles. The van der Waals surface area contributed by atoms with Crippen LogP contribution in [0.5, 0.6) is 0 Å². The fourth-order valence-electron chi connectivity index (χ4n) is 2.78. The van der Waals surface area contributed by atoms with Gasteiger partial charge in [0, 0.05) is 25.6 Å². The molecule has 2 fully saturated rings. The summed E-state index contributed by atoms with van der Waals surface area (Å²) < 4.78 is 5.31. The molecule has 2 heterocycles. The van der Waals surface area contributed by atoms with Crippen molar-refractivity contribution in [1.82, 2.24) is 20.4 Å². The minimum Gasteiger partial charge on any atom is -0.355 e. The monoisotopic (exact) mass is 329 g/mol. The molecule has 1 unspecified atom stereocenters. The van der Waals surface area contributed by atoms with E-state index in [1.165, 1.54) is 12.8 Å². The van der Waals surface area contributed by atoms with E-state index in [0.717, 1.165) is 31.8 Å². The molecule has 1 saturated heterocycles. The predicted molar refractivity (Wildman–Crippen MR) is 83.6 cm³/mol. The van der Waals surface area contributed by atoms with E-state index in [1.807, 2.05) is 0 Å². The highest BCUT2D eigenvalue weighted by Crippen LogP contribution is 2.38. The number of likely N-dealkylation sites (tertiary alicyclic amines) is 1. The van der Waals surface area contributed by atoms with E-state index >= 15 is 0 Å². The van der Waals surface area contributed by atoms with E-state index in [4.69, 9.17) is 10.3 Å². The molecule has 3 N–H and O–H groups in total. The van der Waals surface area contributed by atoms with Gasteiger partial charge in [-0.2, -0.15) is 4.98 Å². The summed E-state index contributed by atoms with van der Waals surface area (Å²) in [5.41, 5.74) is 5.41. The van der Waals surface area contributed by atoms with Crippen molar-refractivity contribution in [2.45, 2.75) is 38.1 Å². The molecule has 1 aromatic rings.